The van der Waals surface area contributed by atoms with Crippen molar-refractivity contribution in [1.82, 2.24) is 15.1 Å². The highest BCUT2D eigenvalue weighted by Gasteiger charge is 2.14. The van der Waals surface area contributed by atoms with E-state index in [0.29, 0.717) is 28.9 Å². The van der Waals surface area contributed by atoms with Gasteiger partial charge in [-0.1, -0.05) is 28.9 Å². The number of aryl methyl sites for hydroxylation is 2. The van der Waals surface area contributed by atoms with Crippen LogP contribution in [0.25, 0.3) is 10.6 Å². The minimum Gasteiger partial charge on any atom is -0.355 e. The molecule has 0 fully saturated rings. The standard InChI is InChI=1S/C26H22N6O2S/c1-16-5-7-18(8-6-16)29-24-15-25(28-17(2)27-24)30-19-9-11-20(12-10-19)31-26(33)21-14-22(34-32-21)23-4-3-13-35-23/h3-15H,1-2H3,(H,31,33)(H2,27,28,29,30). The smallest absolute Gasteiger partial charge is 0.277 e. The molecule has 8 nitrogen and oxygen atoms in total. The van der Waals surface area contributed by atoms with E-state index in [1.165, 1.54) is 16.9 Å². The van der Waals surface area contributed by atoms with Crippen molar-refractivity contribution in [3.05, 3.63) is 95.3 Å². The third kappa shape index (κ3) is 5.53. The molecule has 0 saturated carbocycles. The highest BCUT2D eigenvalue weighted by Crippen LogP contribution is 2.26. The largest absolute Gasteiger partial charge is 0.355 e. The van der Waals surface area contributed by atoms with Crippen molar-refractivity contribution in [2.75, 3.05) is 16.0 Å². The second kappa shape index (κ2) is 9.78. The van der Waals surface area contributed by atoms with Crippen molar-refractivity contribution in [3.8, 4) is 10.6 Å². The Hall–Kier alpha value is -4.50. The zero-order valence-electron chi connectivity index (χ0n) is 19.1. The van der Waals surface area contributed by atoms with Crippen molar-refractivity contribution in [2.45, 2.75) is 13.8 Å². The molecule has 0 aliphatic carbocycles. The second-order valence-electron chi connectivity index (χ2n) is 7.89. The number of anilines is 5. The number of benzene rings is 2. The number of rotatable bonds is 7. The number of carbonyl (C=O) groups excluding carboxylic acids is 1. The van der Waals surface area contributed by atoms with E-state index in [1.807, 2.05) is 73.8 Å². The van der Waals surface area contributed by atoms with Gasteiger partial charge in [-0.15, -0.1) is 11.3 Å². The number of hydrogen-bond donors (Lipinski definition) is 3. The molecule has 3 N–H and O–H groups in total. The van der Waals surface area contributed by atoms with Gasteiger partial charge in [0.05, 0.1) is 4.88 Å². The van der Waals surface area contributed by atoms with E-state index in [1.54, 1.807) is 18.2 Å². The zero-order valence-corrected chi connectivity index (χ0v) is 19.9. The normalized spacial score (nSPS) is 10.7. The van der Waals surface area contributed by atoms with Crippen LogP contribution >= 0.6 is 11.3 Å². The summed E-state index contributed by atoms with van der Waals surface area (Å²) in [5, 5.41) is 15.2. The van der Waals surface area contributed by atoms with E-state index in [2.05, 4.69) is 31.1 Å². The first-order valence-corrected chi connectivity index (χ1v) is 11.8. The monoisotopic (exact) mass is 482 g/mol. The Morgan fingerprint density at radius 1 is 0.829 bits per heavy atom. The summed E-state index contributed by atoms with van der Waals surface area (Å²) in [7, 11) is 0. The summed E-state index contributed by atoms with van der Waals surface area (Å²) < 4.78 is 5.29. The van der Waals surface area contributed by atoms with Crippen molar-refractivity contribution in [1.29, 1.82) is 0 Å². The van der Waals surface area contributed by atoms with Gasteiger partial charge in [0, 0.05) is 29.2 Å². The van der Waals surface area contributed by atoms with Gasteiger partial charge in [-0.05, 0) is 61.7 Å². The Morgan fingerprint density at radius 2 is 1.46 bits per heavy atom. The molecule has 0 aliphatic heterocycles. The van der Waals surface area contributed by atoms with Crippen LogP contribution in [-0.2, 0) is 0 Å². The Balaban J connectivity index is 1.23. The fourth-order valence-corrected chi connectivity index (χ4v) is 4.05. The molecular weight excluding hydrogens is 460 g/mol. The molecular formula is C26H22N6O2S. The lowest BCUT2D eigenvalue weighted by Gasteiger charge is -2.11. The number of amides is 1. The topological polar surface area (TPSA) is 105 Å². The van der Waals surface area contributed by atoms with Crippen LogP contribution in [-0.4, -0.2) is 21.0 Å². The molecule has 3 aromatic heterocycles. The molecule has 0 atom stereocenters. The molecule has 5 rings (SSSR count). The Bertz CT molecular complexity index is 1440. The maximum Gasteiger partial charge on any atom is 0.277 e. The number of nitrogens with one attached hydrogen (secondary N) is 3. The van der Waals surface area contributed by atoms with Gasteiger partial charge in [-0.25, -0.2) is 9.97 Å². The third-order valence-electron chi connectivity index (χ3n) is 5.08. The SMILES string of the molecule is Cc1ccc(Nc2cc(Nc3ccc(NC(=O)c4cc(-c5cccs5)on4)cc3)nc(C)n2)cc1. The average Bonchev–Trinajstić information content (AvgIpc) is 3.54. The first-order valence-electron chi connectivity index (χ1n) is 10.9. The summed E-state index contributed by atoms with van der Waals surface area (Å²) in [6.07, 6.45) is 0. The van der Waals surface area contributed by atoms with Gasteiger partial charge in [-0.2, -0.15) is 0 Å². The van der Waals surface area contributed by atoms with Crippen LogP contribution in [0.1, 0.15) is 21.9 Å². The van der Waals surface area contributed by atoms with Crippen LogP contribution in [0.4, 0.5) is 28.7 Å². The predicted molar refractivity (Wildman–Crippen MR) is 139 cm³/mol. The minimum atomic E-state index is -0.337. The quantitative estimate of drug-likeness (QED) is 0.242. The maximum absolute atomic E-state index is 12.5. The van der Waals surface area contributed by atoms with Gasteiger partial charge in [0.15, 0.2) is 11.5 Å². The zero-order chi connectivity index (χ0) is 24.2. The molecule has 35 heavy (non-hydrogen) atoms. The lowest BCUT2D eigenvalue weighted by molar-refractivity contribution is 0.101. The lowest BCUT2D eigenvalue weighted by atomic mass is 10.2. The molecule has 2 aromatic carbocycles. The van der Waals surface area contributed by atoms with Crippen molar-refractivity contribution >= 4 is 45.9 Å². The van der Waals surface area contributed by atoms with Gasteiger partial charge in [0.2, 0.25) is 0 Å². The average molecular weight is 483 g/mol. The molecule has 0 saturated heterocycles. The van der Waals surface area contributed by atoms with Gasteiger partial charge in [0.25, 0.3) is 5.91 Å². The molecule has 0 spiro atoms. The minimum absolute atomic E-state index is 0.223. The molecule has 0 bridgehead atoms. The fourth-order valence-electron chi connectivity index (χ4n) is 3.38. The molecule has 0 aliphatic rings. The maximum atomic E-state index is 12.5. The molecule has 174 valence electrons. The number of thiophene rings is 1. The number of hydrogen-bond acceptors (Lipinski definition) is 8. The predicted octanol–water partition coefficient (Wildman–Crippen LogP) is 6.55. The second-order valence-corrected chi connectivity index (χ2v) is 8.83. The molecule has 3 heterocycles. The Labute approximate surface area is 206 Å². The number of carbonyl (C=O) groups is 1. The van der Waals surface area contributed by atoms with Gasteiger partial charge in [0.1, 0.15) is 17.5 Å². The van der Waals surface area contributed by atoms with E-state index in [-0.39, 0.29) is 11.6 Å². The highest BCUT2D eigenvalue weighted by molar-refractivity contribution is 7.13. The summed E-state index contributed by atoms with van der Waals surface area (Å²) in [5.41, 5.74) is 3.83. The van der Waals surface area contributed by atoms with Crippen molar-refractivity contribution in [3.63, 3.8) is 0 Å². The molecule has 1 amide bonds. The lowest BCUT2D eigenvalue weighted by Crippen LogP contribution is -2.12. The first-order chi connectivity index (χ1) is 17.0. The fraction of sp³-hybridized carbons (Fsp3) is 0.0769. The number of nitrogens with zero attached hydrogens (tertiary/aromatic N) is 3. The summed E-state index contributed by atoms with van der Waals surface area (Å²) in [6.45, 7) is 3.89. The van der Waals surface area contributed by atoms with Crippen LogP contribution in [0.15, 0.2) is 82.7 Å². The summed E-state index contributed by atoms with van der Waals surface area (Å²) in [6, 6.07) is 22.8. The van der Waals surface area contributed by atoms with E-state index < -0.39 is 0 Å². The van der Waals surface area contributed by atoms with Crippen LogP contribution in [0, 0.1) is 13.8 Å². The summed E-state index contributed by atoms with van der Waals surface area (Å²) in [4.78, 5) is 22.4. The van der Waals surface area contributed by atoms with Gasteiger partial charge in [-0.3, -0.25) is 4.79 Å². The van der Waals surface area contributed by atoms with Gasteiger partial charge >= 0.3 is 0 Å². The van der Waals surface area contributed by atoms with Crippen LogP contribution in [0.3, 0.4) is 0 Å². The third-order valence-corrected chi connectivity index (χ3v) is 5.97. The van der Waals surface area contributed by atoms with E-state index in [9.17, 15) is 4.79 Å². The molecule has 5 aromatic rings. The Kier molecular flexibility index (Phi) is 6.23. The first kappa shape index (κ1) is 22.3. The Morgan fingerprint density at radius 3 is 2.09 bits per heavy atom. The van der Waals surface area contributed by atoms with Gasteiger partial charge < -0.3 is 20.5 Å². The van der Waals surface area contributed by atoms with E-state index >= 15 is 0 Å². The molecule has 0 unspecified atom stereocenters. The van der Waals surface area contributed by atoms with Crippen LogP contribution in [0.5, 0.6) is 0 Å². The van der Waals surface area contributed by atoms with E-state index in [4.69, 9.17) is 4.52 Å². The van der Waals surface area contributed by atoms with Crippen molar-refractivity contribution in [2.24, 2.45) is 0 Å². The van der Waals surface area contributed by atoms with E-state index in [0.717, 1.165) is 16.3 Å². The highest BCUT2D eigenvalue weighted by atomic mass is 32.1. The molecule has 9 heteroatoms. The van der Waals surface area contributed by atoms with Crippen LogP contribution in [0.2, 0.25) is 0 Å². The van der Waals surface area contributed by atoms with Crippen molar-refractivity contribution < 1.29 is 9.32 Å². The number of aromatic nitrogens is 3. The molecule has 0 radical (unpaired) electrons. The van der Waals surface area contributed by atoms with Crippen LogP contribution < -0.4 is 16.0 Å². The summed E-state index contributed by atoms with van der Waals surface area (Å²) in [5.74, 6) is 2.23. The summed E-state index contributed by atoms with van der Waals surface area (Å²) >= 11 is 1.52.